The molecule has 0 aliphatic carbocycles. The number of hydrogen-bond donors (Lipinski definition) is 0. The van der Waals surface area contributed by atoms with Crippen LogP contribution in [0, 0.1) is 13.8 Å². The molecule has 0 saturated carbocycles. The Labute approximate surface area is 332 Å². The summed E-state index contributed by atoms with van der Waals surface area (Å²) >= 11 is 5.79. The van der Waals surface area contributed by atoms with Crippen molar-refractivity contribution in [2.45, 2.75) is 134 Å². The van der Waals surface area contributed by atoms with Gasteiger partial charge >= 0.3 is 0 Å². The maximum atomic E-state index is 5.79. The molecule has 0 unspecified atom stereocenters. The van der Waals surface area contributed by atoms with Crippen LogP contribution in [0.25, 0.3) is 0 Å². The molecule has 0 amide bonds. The Morgan fingerprint density at radius 1 is 0.434 bits per heavy atom. The topological polar surface area (TPSA) is 12.4 Å². The summed E-state index contributed by atoms with van der Waals surface area (Å²) in [5.74, 6) is 3.15. The van der Waals surface area contributed by atoms with E-state index in [1.807, 2.05) is 30.5 Å². The lowest BCUT2D eigenvalue weighted by Gasteiger charge is -2.06. The van der Waals surface area contributed by atoms with Crippen molar-refractivity contribution in [1.82, 2.24) is 0 Å². The third-order valence-corrected chi connectivity index (χ3v) is 9.02. The van der Waals surface area contributed by atoms with E-state index < -0.39 is 0 Å². The molecule has 0 fully saturated rings. The summed E-state index contributed by atoms with van der Waals surface area (Å²) in [7, 11) is 0. The zero-order valence-corrected chi connectivity index (χ0v) is 34.3. The molecule has 53 heavy (non-hydrogen) atoms. The van der Waals surface area contributed by atoms with Crippen molar-refractivity contribution in [3.63, 3.8) is 0 Å². The van der Waals surface area contributed by atoms with Crippen LogP contribution in [0.5, 0.6) is 0 Å². The fourth-order valence-corrected chi connectivity index (χ4v) is 5.30. The van der Waals surface area contributed by atoms with Gasteiger partial charge in [-0.3, -0.25) is 4.99 Å². The summed E-state index contributed by atoms with van der Waals surface area (Å²) in [5.41, 5.74) is 12.2. The molecule has 1 nitrogen and oxygen atoms in total. The van der Waals surface area contributed by atoms with Crippen LogP contribution in [0.2, 0.25) is 5.02 Å². The van der Waals surface area contributed by atoms with Crippen LogP contribution in [0.15, 0.2) is 126 Å². The number of aliphatic imine (C=N–C) groups is 1. The monoisotopic (exact) mass is 734 g/mol. The minimum absolute atomic E-state index is 0. The Bertz CT molecular complexity index is 1640. The second-order valence-electron chi connectivity index (χ2n) is 15.0. The summed E-state index contributed by atoms with van der Waals surface area (Å²) in [5, 5.41) is 0.825. The molecule has 0 radical (unpaired) electrons. The summed E-state index contributed by atoms with van der Waals surface area (Å²) in [6.45, 7) is 26.2. The van der Waals surface area contributed by atoms with Crippen molar-refractivity contribution in [1.29, 1.82) is 0 Å². The van der Waals surface area contributed by atoms with Gasteiger partial charge in [-0.2, -0.15) is 0 Å². The largest absolute Gasteiger partial charge is 0.261 e. The zero-order chi connectivity index (χ0) is 37.9. The number of aryl methyl sites for hydroxylation is 2. The first-order chi connectivity index (χ1) is 24.2. The summed E-state index contributed by atoms with van der Waals surface area (Å²) in [6, 6.07) is 42.5. The van der Waals surface area contributed by atoms with Crippen molar-refractivity contribution in [3.05, 3.63) is 171 Å². The van der Waals surface area contributed by atoms with Gasteiger partial charge in [0.2, 0.25) is 0 Å². The van der Waals surface area contributed by atoms with E-state index in [2.05, 4.69) is 185 Å². The molecule has 0 N–H and O–H groups in total. The lowest BCUT2D eigenvalue weighted by molar-refractivity contribution is 0.865. The molecule has 288 valence electrons. The van der Waals surface area contributed by atoms with Gasteiger partial charge in [0.25, 0.3) is 0 Å². The Morgan fingerprint density at radius 3 is 1.19 bits per heavy atom. The second-order valence-corrected chi connectivity index (χ2v) is 15.4. The third-order valence-electron chi connectivity index (χ3n) is 8.78. The lowest BCUT2D eigenvalue weighted by atomic mass is 10.00. The molecular weight excluding hydrogens is 662 g/mol. The highest BCUT2D eigenvalue weighted by Gasteiger charge is 2.08. The first kappa shape index (κ1) is 49.1. The highest BCUT2D eigenvalue weighted by molar-refractivity contribution is 6.30. The van der Waals surface area contributed by atoms with Crippen LogP contribution in [-0.4, -0.2) is 6.21 Å². The van der Waals surface area contributed by atoms with Crippen LogP contribution >= 0.6 is 11.6 Å². The van der Waals surface area contributed by atoms with Crippen LogP contribution in [0.3, 0.4) is 0 Å². The van der Waals surface area contributed by atoms with Gasteiger partial charge in [0.1, 0.15) is 0 Å². The van der Waals surface area contributed by atoms with Crippen LogP contribution in [0.1, 0.15) is 158 Å². The van der Waals surface area contributed by atoms with Gasteiger partial charge in [-0.1, -0.05) is 210 Å². The lowest BCUT2D eigenvalue weighted by Crippen LogP contribution is -1.88. The Balaban J connectivity index is 0.000000634. The highest BCUT2D eigenvalue weighted by Crippen LogP contribution is 2.27. The average Bonchev–Trinajstić information content (AvgIpc) is 3.59. The van der Waals surface area contributed by atoms with Gasteiger partial charge in [-0.15, -0.1) is 0 Å². The van der Waals surface area contributed by atoms with Gasteiger partial charge in [0.15, 0.2) is 0 Å². The molecule has 0 saturated heterocycles. The zero-order valence-electron chi connectivity index (χ0n) is 33.5. The van der Waals surface area contributed by atoms with E-state index in [9.17, 15) is 0 Å². The molecular formula is C51H72ClN. The number of fused-ring (bicyclic) bond motifs is 1. The molecule has 0 aromatic heterocycles. The molecule has 0 spiro atoms. The van der Waals surface area contributed by atoms with Gasteiger partial charge in [0, 0.05) is 17.7 Å². The molecule has 5 aromatic rings. The van der Waals surface area contributed by atoms with Crippen molar-refractivity contribution in [3.8, 4) is 0 Å². The van der Waals surface area contributed by atoms with Gasteiger partial charge in [-0.05, 0) is 95.0 Å². The SMILES string of the molecule is C.C.CC(C)c1ccc2c(c1)CC=N2.CC(C)c1cccc(Cl)c1.CC(C)c1ccccc1.Cc1ccc(C(C)C)cc1.Cc1ccc(C(C)C)cc1. The summed E-state index contributed by atoms with van der Waals surface area (Å²) < 4.78 is 0. The van der Waals surface area contributed by atoms with Crippen molar-refractivity contribution < 1.29 is 0 Å². The molecule has 0 bridgehead atoms. The van der Waals surface area contributed by atoms with E-state index in [0.29, 0.717) is 29.6 Å². The summed E-state index contributed by atoms with van der Waals surface area (Å²) in [4.78, 5) is 4.27. The molecule has 6 rings (SSSR count). The van der Waals surface area contributed by atoms with Crippen LogP contribution in [-0.2, 0) is 6.42 Å². The number of benzene rings is 5. The first-order valence-corrected chi connectivity index (χ1v) is 19.1. The average molecular weight is 735 g/mol. The molecule has 0 atom stereocenters. The third kappa shape index (κ3) is 19.1. The minimum Gasteiger partial charge on any atom is -0.261 e. The van der Waals surface area contributed by atoms with Gasteiger partial charge in [-0.25, -0.2) is 0 Å². The first-order valence-electron chi connectivity index (χ1n) is 18.8. The smallest absolute Gasteiger partial charge is 0.0661 e. The highest BCUT2D eigenvalue weighted by atomic mass is 35.5. The fourth-order valence-electron chi connectivity index (χ4n) is 5.10. The maximum Gasteiger partial charge on any atom is 0.0661 e. The minimum atomic E-state index is 0. The standard InChI is InChI=1S/C11H13N.2C10H14.C9H11Cl.C9H12.2CH4/c1-8(2)9-3-4-11-10(7-9)5-6-12-11;2*1-8(2)10-6-4-9(3)5-7-10;1-7(2)8-4-3-5-9(10)6-8;1-8(2)9-6-4-3-5-7-9;;/h3-4,6-8H,5H2,1-2H3;2*4-8H,1-3H3;3-7H,1-2H3;3-8H,1-2H3;2*1H4. The Kier molecular flexibility index (Phi) is 24.0. The van der Waals surface area contributed by atoms with E-state index in [0.717, 1.165) is 17.1 Å². The fraction of sp³-hybridized carbons (Fsp3) is 0.392. The molecule has 1 heterocycles. The second kappa shape index (κ2) is 25.9. The van der Waals surface area contributed by atoms with Crippen molar-refractivity contribution in [2.24, 2.45) is 4.99 Å². The quantitative estimate of drug-likeness (QED) is 0.171. The van der Waals surface area contributed by atoms with E-state index in [1.54, 1.807) is 0 Å². The number of halogens is 1. The Morgan fingerprint density at radius 2 is 0.811 bits per heavy atom. The molecule has 5 aromatic carbocycles. The number of hydrogen-bond acceptors (Lipinski definition) is 1. The van der Waals surface area contributed by atoms with E-state index in [-0.39, 0.29) is 14.9 Å². The van der Waals surface area contributed by atoms with E-state index >= 15 is 0 Å². The van der Waals surface area contributed by atoms with Gasteiger partial charge in [0.05, 0.1) is 5.69 Å². The predicted octanol–water partition coefficient (Wildman–Crippen LogP) is 16.9. The maximum absolute atomic E-state index is 5.79. The van der Waals surface area contributed by atoms with Crippen LogP contribution in [0.4, 0.5) is 5.69 Å². The number of nitrogens with zero attached hydrogens (tertiary/aromatic N) is 1. The summed E-state index contributed by atoms with van der Waals surface area (Å²) in [6.07, 6.45) is 2.99. The van der Waals surface area contributed by atoms with E-state index in [1.165, 1.54) is 44.5 Å². The van der Waals surface area contributed by atoms with Crippen molar-refractivity contribution >= 4 is 23.5 Å². The molecule has 2 heteroatoms. The van der Waals surface area contributed by atoms with Crippen molar-refractivity contribution in [2.75, 3.05) is 0 Å². The Hall–Kier alpha value is -3.94. The van der Waals surface area contributed by atoms with Gasteiger partial charge < -0.3 is 0 Å². The number of rotatable bonds is 5. The molecule has 1 aliphatic rings. The normalized spacial score (nSPS) is 10.8. The predicted molar refractivity (Wildman–Crippen MR) is 242 cm³/mol. The van der Waals surface area contributed by atoms with Crippen LogP contribution < -0.4 is 0 Å². The molecule has 1 aliphatic heterocycles. The van der Waals surface area contributed by atoms with E-state index in [4.69, 9.17) is 11.6 Å².